The Balaban J connectivity index is 1.78. The molecule has 1 heteroatoms. The van der Waals surface area contributed by atoms with Crippen molar-refractivity contribution in [2.24, 2.45) is 0 Å². The molecular weight excluding hydrogens is 386 g/mol. The largest absolute Gasteiger partial charge is 0.248 e. The Morgan fingerprint density at radius 3 is 2.16 bits per heavy atom. The van der Waals surface area contributed by atoms with E-state index < -0.39 is 0 Å². The number of fused-ring (bicyclic) bond motifs is 3. The van der Waals surface area contributed by atoms with Crippen molar-refractivity contribution in [2.45, 2.75) is 64.7 Å². The molecule has 1 nitrogen and oxygen atoms in total. The van der Waals surface area contributed by atoms with Crippen LogP contribution in [0, 0.1) is 0 Å². The van der Waals surface area contributed by atoms with Crippen molar-refractivity contribution < 1.29 is 0 Å². The fourth-order valence-electron chi connectivity index (χ4n) is 5.53. The zero-order valence-corrected chi connectivity index (χ0v) is 20.4. The summed E-state index contributed by atoms with van der Waals surface area (Å²) in [4.78, 5) is 5.07. The summed E-state index contributed by atoms with van der Waals surface area (Å²) in [5, 5.41) is 1.18. The van der Waals surface area contributed by atoms with Gasteiger partial charge in [0.2, 0.25) is 0 Å². The van der Waals surface area contributed by atoms with Gasteiger partial charge in [0, 0.05) is 21.8 Å². The van der Waals surface area contributed by atoms with Crippen LogP contribution in [0.15, 0.2) is 72.8 Å². The van der Waals surface area contributed by atoms with E-state index in [4.69, 9.17) is 4.98 Å². The number of rotatable bonds is 1. The minimum atomic E-state index is -0.111. The summed E-state index contributed by atoms with van der Waals surface area (Å²) in [6.07, 6.45) is 0. The van der Waals surface area contributed by atoms with Gasteiger partial charge in [-0.05, 0) is 45.4 Å². The summed E-state index contributed by atoms with van der Waals surface area (Å²) >= 11 is 0. The third-order valence-corrected chi connectivity index (χ3v) is 7.47. The Morgan fingerprint density at radius 2 is 1.41 bits per heavy atom. The van der Waals surface area contributed by atoms with E-state index in [0.717, 1.165) is 11.2 Å². The lowest BCUT2D eigenvalue weighted by atomic mass is 9.58. The van der Waals surface area contributed by atoms with E-state index in [1.807, 2.05) is 0 Å². The molecule has 0 fully saturated rings. The number of nitrogens with zero attached hydrogens (tertiary/aromatic N) is 1. The molecule has 0 amide bonds. The summed E-state index contributed by atoms with van der Waals surface area (Å²) in [5.74, 6) is 0. The molecule has 0 aliphatic heterocycles. The lowest BCUT2D eigenvalue weighted by Crippen LogP contribution is -2.37. The maximum Gasteiger partial charge on any atom is 0.0712 e. The van der Waals surface area contributed by atoms with Crippen LogP contribution in [0.2, 0.25) is 0 Å². The van der Waals surface area contributed by atoms with Gasteiger partial charge in [-0.2, -0.15) is 0 Å². The van der Waals surface area contributed by atoms with Gasteiger partial charge in [-0.1, -0.05) is 109 Å². The van der Waals surface area contributed by atoms with Crippen LogP contribution in [0.1, 0.15) is 76.3 Å². The maximum absolute atomic E-state index is 5.07. The van der Waals surface area contributed by atoms with E-state index in [1.54, 1.807) is 0 Å². The van der Waals surface area contributed by atoms with Crippen LogP contribution < -0.4 is 0 Å². The molecule has 1 heterocycles. The second kappa shape index (κ2) is 6.78. The van der Waals surface area contributed by atoms with Gasteiger partial charge in [-0.3, -0.25) is 0 Å². The fourth-order valence-corrected chi connectivity index (χ4v) is 5.53. The SMILES string of the molecule is CC(C)(C)c1ccc2c(c1)C(C)(C)c1cccc(-c3ccc4ccccc4n3)c1C2(C)C. The van der Waals surface area contributed by atoms with E-state index in [0.29, 0.717) is 0 Å². The van der Waals surface area contributed by atoms with Crippen molar-refractivity contribution >= 4 is 10.9 Å². The van der Waals surface area contributed by atoms with Gasteiger partial charge in [0.1, 0.15) is 0 Å². The van der Waals surface area contributed by atoms with E-state index >= 15 is 0 Å². The molecule has 5 rings (SSSR count). The second-order valence-electron chi connectivity index (χ2n) is 11.4. The Kier molecular flexibility index (Phi) is 4.44. The first-order valence-electron chi connectivity index (χ1n) is 11.7. The van der Waals surface area contributed by atoms with Crippen LogP contribution in [0.4, 0.5) is 0 Å². The molecule has 0 N–H and O–H groups in total. The van der Waals surface area contributed by atoms with E-state index in [2.05, 4.69) is 121 Å². The van der Waals surface area contributed by atoms with E-state index in [-0.39, 0.29) is 16.2 Å². The smallest absolute Gasteiger partial charge is 0.0712 e. The fraction of sp³-hybridized carbons (Fsp3) is 0.323. The zero-order chi connectivity index (χ0) is 22.9. The normalized spacial score (nSPS) is 16.5. The molecule has 0 spiro atoms. The lowest BCUT2D eigenvalue weighted by Gasteiger charge is -2.45. The van der Waals surface area contributed by atoms with Gasteiger partial charge in [-0.25, -0.2) is 4.98 Å². The van der Waals surface area contributed by atoms with Crippen molar-refractivity contribution in [2.75, 3.05) is 0 Å². The maximum atomic E-state index is 5.07. The summed E-state index contributed by atoms with van der Waals surface area (Å²) in [6, 6.07) is 26.7. The molecule has 0 unspecified atom stereocenters. The van der Waals surface area contributed by atoms with Crippen molar-refractivity contribution in [1.82, 2.24) is 4.98 Å². The van der Waals surface area contributed by atoms with Crippen molar-refractivity contribution in [3.8, 4) is 11.3 Å². The molecule has 0 saturated heterocycles. The highest BCUT2D eigenvalue weighted by molar-refractivity contribution is 5.83. The Labute approximate surface area is 192 Å². The highest BCUT2D eigenvalue weighted by Crippen LogP contribution is 2.52. The second-order valence-corrected chi connectivity index (χ2v) is 11.4. The standard InChI is InChI=1S/C31H33N/c1-29(2,3)21-16-17-23-25(19-21)30(4,5)24-13-10-12-22(28(24)31(23,6)7)27-18-15-20-11-8-9-14-26(20)32-27/h8-19H,1-7H3. The number of pyridine rings is 1. The van der Waals surface area contributed by atoms with Crippen LogP contribution in [0.25, 0.3) is 22.2 Å². The van der Waals surface area contributed by atoms with Crippen molar-refractivity contribution in [3.63, 3.8) is 0 Å². The molecule has 0 bridgehead atoms. The number of benzene rings is 3. The number of hydrogen-bond donors (Lipinski definition) is 0. The molecule has 1 aromatic heterocycles. The molecule has 162 valence electrons. The lowest BCUT2D eigenvalue weighted by molar-refractivity contribution is 0.515. The Morgan fingerprint density at radius 1 is 0.656 bits per heavy atom. The van der Waals surface area contributed by atoms with Gasteiger partial charge in [0.15, 0.2) is 0 Å². The number of hydrogen-bond acceptors (Lipinski definition) is 1. The molecule has 0 atom stereocenters. The topological polar surface area (TPSA) is 12.9 Å². The molecule has 4 aromatic rings. The summed E-state index contributed by atoms with van der Waals surface area (Å²) < 4.78 is 0. The first-order valence-corrected chi connectivity index (χ1v) is 11.7. The van der Waals surface area contributed by atoms with E-state index in [1.165, 1.54) is 38.8 Å². The number of aromatic nitrogens is 1. The zero-order valence-electron chi connectivity index (χ0n) is 20.4. The van der Waals surface area contributed by atoms with Crippen LogP contribution in [-0.2, 0) is 16.2 Å². The third kappa shape index (κ3) is 3.02. The molecule has 1 aliphatic carbocycles. The van der Waals surface area contributed by atoms with Gasteiger partial charge in [0.25, 0.3) is 0 Å². The van der Waals surface area contributed by atoms with Crippen LogP contribution >= 0.6 is 0 Å². The summed E-state index contributed by atoms with van der Waals surface area (Å²) in [5.41, 5.74) is 10.4. The van der Waals surface area contributed by atoms with Gasteiger partial charge >= 0.3 is 0 Å². The van der Waals surface area contributed by atoms with Crippen molar-refractivity contribution in [3.05, 3.63) is 101 Å². The van der Waals surface area contributed by atoms with Crippen LogP contribution in [0.5, 0.6) is 0 Å². The molecule has 1 aliphatic rings. The monoisotopic (exact) mass is 419 g/mol. The summed E-state index contributed by atoms with van der Waals surface area (Å²) in [6.45, 7) is 16.4. The first-order chi connectivity index (χ1) is 15.0. The Hall–Kier alpha value is -2.93. The predicted molar refractivity (Wildman–Crippen MR) is 137 cm³/mol. The minimum Gasteiger partial charge on any atom is -0.248 e. The quantitative estimate of drug-likeness (QED) is 0.303. The Bertz CT molecular complexity index is 1350. The molecule has 32 heavy (non-hydrogen) atoms. The molecule has 3 aromatic carbocycles. The predicted octanol–water partition coefficient (Wildman–Crippen LogP) is 8.16. The molecular formula is C31H33N. The molecule has 0 saturated carbocycles. The average molecular weight is 420 g/mol. The van der Waals surface area contributed by atoms with E-state index in [9.17, 15) is 0 Å². The van der Waals surface area contributed by atoms with Crippen molar-refractivity contribution in [1.29, 1.82) is 0 Å². The minimum absolute atomic E-state index is 0.0751. The van der Waals surface area contributed by atoms with Crippen LogP contribution in [0.3, 0.4) is 0 Å². The average Bonchev–Trinajstić information content (AvgIpc) is 2.76. The highest BCUT2D eigenvalue weighted by atomic mass is 14.7. The number of para-hydroxylation sites is 1. The van der Waals surface area contributed by atoms with Gasteiger partial charge in [-0.15, -0.1) is 0 Å². The van der Waals surface area contributed by atoms with Crippen LogP contribution in [-0.4, -0.2) is 4.98 Å². The summed E-state index contributed by atoms with van der Waals surface area (Å²) in [7, 11) is 0. The molecule has 0 radical (unpaired) electrons. The first kappa shape index (κ1) is 20.9. The van der Waals surface area contributed by atoms with Gasteiger partial charge in [0.05, 0.1) is 11.2 Å². The van der Waals surface area contributed by atoms with Gasteiger partial charge < -0.3 is 0 Å². The highest BCUT2D eigenvalue weighted by Gasteiger charge is 2.43. The third-order valence-electron chi connectivity index (χ3n) is 7.47.